The normalized spacial score (nSPS) is 19.4. The van der Waals surface area contributed by atoms with Gasteiger partial charge in [0.15, 0.2) is 0 Å². The molecule has 4 rings (SSSR count). The Morgan fingerprint density at radius 2 is 1.94 bits per heavy atom. The van der Waals surface area contributed by atoms with Crippen LogP contribution >= 0.6 is 0 Å². The van der Waals surface area contributed by atoms with Gasteiger partial charge in [-0.1, -0.05) is 48.5 Å². The Balaban J connectivity index is 1.53. The molecule has 0 saturated carbocycles. The van der Waals surface area contributed by atoms with Crippen LogP contribution in [0.4, 0.5) is 5.69 Å². The third kappa shape index (κ3) is 4.59. The van der Waals surface area contributed by atoms with Gasteiger partial charge in [0.2, 0.25) is 0 Å². The molecule has 0 aromatic heterocycles. The van der Waals surface area contributed by atoms with Crippen LogP contribution in [0.15, 0.2) is 60.7 Å². The van der Waals surface area contributed by atoms with Crippen LogP contribution in [0.3, 0.4) is 0 Å². The van der Waals surface area contributed by atoms with Crippen molar-refractivity contribution < 1.29 is 4.79 Å². The van der Waals surface area contributed by atoms with E-state index in [0.29, 0.717) is 0 Å². The highest BCUT2D eigenvalue weighted by atomic mass is 16.1. The van der Waals surface area contributed by atoms with E-state index in [9.17, 15) is 4.79 Å². The Bertz CT molecular complexity index is 1080. The van der Waals surface area contributed by atoms with E-state index in [0.717, 1.165) is 35.5 Å². The molecule has 0 radical (unpaired) electrons. The fraction of sp³-hybridized carbons (Fsp3) is 0.370. The molecule has 1 aliphatic heterocycles. The molecule has 0 bridgehead atoms. The van der Waals surface area contributed by atoms with Crippen molar-refractivity contribution in [3.8, 4) is 0 Å². The van der Waals surface area contributed by atoms with Crippen molar-refractivity contribution in [3.63, 3.8) is 0 Å². The molecule has 4 heteroatoms. The van der Waals surface area contributed by atoms with Crippen LogP contribution in [-0.4, -0.2) is 31.6 Å². The Kier molecular flexibility index (Phi) is 6.01. The van der Waals surface area contributed by atoms with Gasteiger partial charge in [0.1, 0.15) is 0 Å². The molecule has 1 amide bonds. The SMILES string of the molecule is Cc1ccc(N(C)C[C@]2(C)CCCN2)cc1C(=O)N[C@H](C)c1cccc2ccccc12. The molecule has 162 valence electrons. The second-order valence-corrected chi connectivity index (χ2v) is 9.21. The molecule has 4 nitrogen and oxygen atoms in total. The smallest absolute Gasteiger partial charge is 0.252 e. The minimum Gasteiger partial charge on any atom is -0.373 e. The van der Waals surface area contributed by atoms with E-state index in [4.69, 9.17) is 0 Å². The first-order valence-electron chi connectivity index (χ1n) is 11.2. The molecular weight excluding hydrogens is 382 g/mol. The summed E-state index contributed by atoms with van der Waals surface area (Å²) in [5.74, 6) is -0.0293. The number of rotatable bonds is 6. The Labute approximate surface area is 185 Å². The predicted octanol–water partition coefficient (Wildman–Crippen LogP) is 5.22. The number of benzene rings is 3. The summed E-state index contributed by atoms with van der Waals surface area (Å²) in [5, 5.41) is 9.21. The van der Waals surface area contributed by atoms with Gasteiger partial charge < -0.3 is 15.5 Å². The zero-order valence-electron chi connectivity index (χ0n) is 19.0. The highest BCUT2D eigenvalue weighted by Gasteiger charge is 2.29. The monoisotopic (exact) mass is 415 g/mol. The van der Waals surface area contributed by atoms with Crippen molar-refractivity contribution in [2.75, 3.05) is 25.0 Å². The van der Waals surface area contributed by atoms with Gasteiger partial charge in [-0.3, -0.25) is 4.79 Å². The summed E-state index contributed by atoms with van der Waals surface area (Å²) in [7, 11) is 2.11. The molecule has 3 aromatic carbocycles. The molecular formula is C27H33N3O. The summed E-state index contributed by atoms with van der Waals surface area (Å²) in [6.45, 7) is 8.34. The van der Waals surface area contributed by atoms with E-state index in [2.05, 4.69) is 72.8 Å². The first-order chi connectivity index (χ1) is 14.9. The Morgan fingerprint density at radius 3 is 2.71 bits per heavy atom. The summed E-state index contributed by atoms with van der Waals surface area (Å²) in [6.07, 6.45) is 2.40. The summed E-state index contributed by atoms with van der Waals surface area (Å²) >= 11 is 0. The molecule has 2 N–H and O–H groups in total. The maximum absolute atomic E-state index is 13.2. The Hall–Kier alpha value is -2.85. The van der Waals surface area contributed by atoms with Gasteiger partial charge in [-0.05, 0) is 74.2 Å². The van der Waals surface area contributed by atoms with Crippen LogP contribution in [0, 0.1) is 6.92 Å². The number of hydrogen-bond acceptors (Lipinski definition) is 3. The molecule has 0 spiro atoms. The van der Waals surface area contributed by atoms with Crippen LogP contribution in [-0.2, 0) is 0 Å². The van der Waals surface area contributed by atoms with E-state index >= 15 is 0 Å². The highest BCUT2D eigenvalue weighted by Crippen LogP contribution is 2.26. The number of nitrogens with zero attached hydrogens (tertiary/aromatic N) is 1. The number of aryl methyl sites for hydroxylation is 1. The molecule has 1 fully saturated rings. The lowest BCUT2D eigenvalue weighted by atomic mass is 9.98. The second kappa shape index (κ2) is 8.72. The minimum atomic E-state index is -0.0824. The lowest BCUT2D eigenvalue weighted by Gasteiger charge is -2.32. The average Bonchev–Trinajstić information content (AvgIpc) is 3.19. The minimum absolute atomic E-state index is 0.0293. The number of anilines is 1. The van der Waals surface area contributed by atoms with Crippen molar-refractivity contribution in [2.24, 2.45) is 0 Å². The number of amides is 1. The number of carbonyl (C=O) groups is 1. The number of likely N-dealkylation sites (N-methyl/N-ethyl adjacent to an activating group) is 1. The molecule has 2 atom stereocenters. The van der Waals surface area contributed by atoms with Crippen molar-refractivity contribution in [1.29, 1.82) is 0 Å². The van der Waals surface area contributed by atoms with E-state index in [1.807, 2.05) is 31.2 Å². The first-order valence-corrected chi connectivity index (χ1v) is 11.2. The number of fused-ring (bicyclic) bond motifs is 1. The van der Waals surface area contributed by atoms with Crippen LogP contribution in [0.5, 0.6) is 0 Å². The topological polar surface area (TPSA) is 44.4 Å². The molecule has 0 aliphatic carbocycles. The van der Waals surface area contributed by atoms with Crippen LogP contribution < -0.4 is 15.5 Å². The summed E-state index contributed by atoms with van der Waals surface area (Å²) in [5.41, 5.74) is 4.07. The van der Waals surface area contributed by atoms with Crippen LogP contribution in [0.2, 0.25) is 0 Å². The Morgan fingerprint density at radius 1 is 1.16 bits per heavy atom. The average molecular weight is 416 g/mol. The lowest BCUT2D eigenvalue weighted by molar-refractivity contribution is 0.0939. The predicted molar refractivity (Wildman–Crippen MR) is 130 cm³/mol. The van der Waals surface area contributed by atoms with Gasteiger partial charge in [-0.15, -0.1) is 0 Å². The zero-order valence-corrected chi connectivity index (χ0v) is 19.0. The lowest BCUT2D eigenvalue weighted by Crippen LogP contribution is -2.46. The maximum Gasteiger partial charge on any atom is 0.252 e. The molecule has 1 aliphatic rings. The van der Waals surface area contributed by atoms with Gasteiger partial charge in [0, 0.05) is 30.4 Å². The van der Waals surface area contributed by atoms with E-state index in [1.54, 1.807) is 0 Å². The fourth-order valence-electron chi connectivity index (χ4n) is 4.78. The molecule has 1 saturated heterocycles. The second-order valence-electron chi connectivity index (χ2n) is 9.21. The van der Waals surface area contributed by atoms with Crippen molar-refractivity contribution in [2.45, 2.75) is 45.2 Å². The molecule has 31 heavy (non-hydrogen) atoms. The summed E-state index contributed by atoms with van der Waals surface area (Å²) in [6, 6.07) is 20.7. The van der Waals surface area contributed by atoms with Crippen LogP contribution in [0.1, 0.15) is 54.2 Å². The van der Waals surface area contributed by atoms with Crippen molar-refractivity contribution >= 4 is 22.4 Å². The quantitative estimate of drug-likeness (QED) is 0.580. The number of carbonyl (C=O) groups excluding carboxylic acids is 1. The third-order valence-corrected chi connectivity index (χ3v) is 6.59. The highest BCUT2D eigenvalue weighted by molar-refractivity contribution is 5.97. The summed E-state index contributed by atoms with van der Waals surface area (Å²) < 4.78 is 0. The van der Waals surface area contributed by atoms with Crippen molar-refractivity contribution in [1.82, 2.24) is 10.6 Å². The van der Waals surface area contributed by atoms with Gasteiger partial charge in [-0.25, -0.2) is 0 Å². The number of nitrogens with one attached hydrogen (secondary N) is 2. The number of hydrogen-bond donors (Lipinski definition) is 2. The zero-order chi connectivity index (χ0) is 22.0. The van der Waals surface area contributed by atoms with E-state index in [1.165, 1.54) is 23.6 Å². The van der Waals surface area contributed by atoms with E-state index in [-0.39, 0.29) is 17.5 Å². The fourth-order valence-corrected chi connectivity index (χ4v) is 4.78. The van der Waals surface area contributed by atoms with Crippen molar-refractivity contribution in [3.05, 3.63) is 77.4 Å². The largest absolute Gasteiger partial charge is 0.373 e. The third-order valence-electron chi connectivity index (χ3n) is 6.59. The van der Waals surface area contributed by atoms with Gasteiger partial charge in [-0.2, -0.15) is 0 Å². The standard InChI is InChI=1S/C27H33N3O/c1-19-13-14-22(30(4)18-27(3)15-8-16-28-27)17-25(19)26(31)29-20(2)23-12-7-10-21-9-5-6-11-24(21)23/h5-7,9-14,17,20,28H,8,15-16,18H2,1-4H3,(H,29,31)/t20-,27+/m1/s1. The molecule has 3 aromatic rings. The summed E-state index contributed by atoms with van der Waals surface area (Å²) in [4.78, 5) is 15.5. The van der Waals surface area contributed by atoms with Gasteiger partial charge >= 0.3 is 0 Å². The first kappa shape index (κ1) is 21.4. The van der Waals surface area contributed by atoms with Gasteiger partial charge in [0.25, 0.3) is 5.91 Å². The van der Waals surface area contributed by atoms with Gasteiger partial charge in [0.05, 0.1) is 6.04 Å². The molecule has 0 unspecified atom stereocenters. The maximum atomic E-state index is 13.2. The van der Waals surface area contributed by atoms with Crippen LogP contribution in [0.25, 0.3) is 10.8 Å². The molecule has 1 heterocycles. The van der Waals surface area contributed by atoms with E-state index < -0.39 is 0 Å².